The Kier molecular flexibility index (Phi) is 5.05. The molecule has 1 aliphatic heterocycles. The lowest BCUT2D eigenvalue weighted by molar-refractivity contribution is -0.213. The summed E-state index contributed by atoms with van der Waals surface area (Å²) < 4.78 is 11.5. The van der Waals surface area contributed by atoms with Gasteiger partial charge in [0.05, 0.1) is 11.8 Å². The van der Waals surface area contributed by atoms with Gasteiger partial charge >= 0.3 is 11.9 Å². The number of ether oxygens (including phenoxy) is 2. The molecule has 4 fully saturated rings. The summed E-state index contributed by atoms with van der Waals surface area (Å²) >= 11 is 0. The van der Waals surface area contributed by atoms with Crippen LogP contribution in [-0.4, -0.2) is 49.7 Å². The topological polar surface area (TPSA) is 55.8 Å². The summed E-state index contributed by atoms with van der Waals surface area (Å²) in [6.45, 7) is 5.52. The van der Waals surface area contributed by atoms with Crippen LogP contribution in [0.15, 0.2) is 0 Å². The predicted octanol–water partition coefficient (Wildman–Crippen LogP) is 3.80. The molecule has 4 aliphatic rings. The molecule has 6 atom stereocenters. The van der Waals surface area contributed by atoms with E-state index in [0.29, 0.717) is 30.8 Å². The van der Waals surface area contributed by atoms with Gasteiger partial charge in [-0.25, -0.2) is 0 Å². The highest BCUT2D eigenvalue weighted by Crippen LogP contribution is 2.65. The van der Waals surface area contributed by atoms with Gasteiger partial charge in [-0.15, -0.1) is 0 Å². The summed E-state index contributed by atoms with van der Waals surface area (Å²) in [6.07, 6.45) is 9.04. The van der Waals surface area contributed by atoms with Crippen molar-refractivity contribution in [3.63, 3.8) is 0 Å². The van der Waals surface area contributed by atoms with E-state index in [-0.39, 0.29) is 28.4 Å². The predicted molar refractivity (Wildman–Crippen MR) is 107 cm³/mol. The van der Waals surface area contributed by atoms with E-state index < -0.39 is 0 Å². The van der Waals surface area contributed by atoms with Gasteiger partial charge < -0.3 is 14.4 Å². The Bertz CT molecular complexity index is 649. The van der Waals surface area contributed by atoms with Crippen LogP contribution in [0.25, 0.3) is 0 Å². The first-order valence-electron chi connectivity index (χ1n) is 11.2. The Morgan fingerprint density at radius 2 is 1.89 bits per heavy atom. The lowest BCUT2D eigenvalue weighted by Gasteiger charge is -2.62. The van der Waals surface area contributed by atoms with E-state index in [0.717, 1.165) is 51.5 Å². The number of carbonyl (C=O) groups is 2. The van der Waals surface area contributed by atoms with Crippen molar-refractivity contribution in [2.75, 3.05) is 27.2 Å². The molecular weight excluding hydrogens is 354 g/mol. The fourth-order valence-electron chi connectivity index (χ4n) is 7.40. The van der Waals surface area contributed by atoms with Crippen LogP contribution < -0.4 is 0 Å². The Hall–Kier alpha value is -1.10. The van der Waals surface area contributed by atoms with Crippen molar-refractivity contribution >= 4 is 11.9 Å². The molecule has 0 aromatic heterocycles. The van der Waals surface area contributed by atoms with E-state index in [4.69, 9.17) is 9.47 Å². The van der Waals surface area contributed by atoms with Gasteiger partial charge in [0.2, 0.25) is 0 Å². The molecule has 1 saturated heterocycles. The van der Waals surface area contributed by atoms with Crippen molar-refractivity contribution in [1.29, 1.82) is 0 Å². The smallest absolute Gasteiger partial charge is 0.312 e. The number of rotatable bonds is 4. The maximum Gasteiger partial charge on any atom is 0.312 e. The average molecular weight is 392 g/mol. The fourth-order valence-corrected chi connectivity index (χ4v) is 7.40. The quantitative estimate of drug-likeness (QED) is 0.682. The zero-order valence-corrected chi connectivity index (χ0v) is 18.1. The van der Waals surface area contributed by atoms with Gasteiger partial charge in [0.25, 0.3) is 0 Å². The molecule has 2 bridgehead atoms. The molecule has 0 aromatic carbocycles. The van der Waals surface area contributed by atoms with E-state index in [2.05, 4.69) is 13.8 Å². The molecule has 3 saturated carbocycles. The molecule has 1 spiro atoms. The normalized spacial score (nSPS) is 45.0. The van der Waals surface area contributed by atoms with Crippen molar-refractivity contribution in [2.24, 2.45) is 28.6 Å². The zero-order valence-electron chi connectivity index (χ0n) is 18.1. The first-order chi connectivity index (χ1) is 13.2. The lowest BCUT2D eigenvalue weighted by Crippen LogP contribution is -2.60. The maximum absolute atomic E-state index is 13.1. The monoisotopic (exact) mass is 391 g/mol. The van der Waals surface area contributed by atoms with E-state index in [1.165, 1.54) is 6.42 Å². The molecule has 0 amide bonds. The number of esters is 2. The average Bonchev–Trinajstić information content (AvgIpc) is 2.59. The maximum atomic E-state index is 13.1. The van der Waals surface area contributed by atoms with Gasteiger partial charge in [0.1, 0.15) is 12.2 Å². The molecule has 4 rings (SSSR count). The third kappa shape index (κ3) is 3.28. The summed E-state index contributed by atoms with van der Waals surface area (Å²) in [7, 11) is 4.00. The summed E-state index contributed by atoms with van der Waals surface area (Å²) in [5.41, 5.74) is -0.523. The summed E-state index contributed by atoms with van der Waals surface area (Å²) in [5.74, 6) is 1.50. The van der Waals surface area contributed by atoms with E-state index in [9.17, 15) is 9.59 Å². The highest BCUT2D eigenvalue weighted by molar-refractivity contribution is 5.77. The van der Waals surface area contributed by atoms with Crippen LogP contribution in [0.2, 0.25) is 0 Å². The second kappa shape index (κ2) is 7.00. The minimum Gasteiger partial charge on any atom is -0.464 e. The molecule has 28 heavy (non-hydrogen) atoms. The third-order valence-electron chi connectivity index (χ3n) is 8.63. The minimum atomic E-state index is -0.368. The molecule has 5 nitrogen and oxygen atoms in total. The summed E-state index contributed by atoms with van der Waals surface area (Å²) in [6, 6.07) is 0. The molecule has 0 aromatic rings. The van der Waals surface area contributed by atoms with E-state index in [1.807, 2.05) is 19.0 Å². The first-order valence-corrected chi connectivity index (χ1v) is 11.2. The van der Waals surface area contributed by atoms with Crippen molar-refractivity contribution < 1.29 is 19.1 Å². The fraction of sp³-hybridized carbons (Fsp3) is 0.913. The number of hydrogen-bond acceptors (Lipinski definition) is 5. The summed E-state index contributed by atoms with van der Waals surface area (Å²) in [5, 5.41) is 0. The Morgan fingerprint density at radius 3 is 2.64 bits per heavy atom. The number of nitrogens with zero attached hydrogens (tertiary/aromatic N) is 1. The summed E-state index contributed by atoms with van der Waals surface area (Å²) in [4.78, 5) is 27.6. The zero-order chi connectivity index (χ0) is 20.2. The standard InChI is InChI=1S/C23H37NO4/c1-21-10-7-18-16-6-5-9-22(2,20(26)27-13-12-24(3)4)17(16)8-11-23(18,15-21)14-19(25)28-21/h16-18H,5-15H2,1-4H3/t16?,17-,18-,21-,22+,23-/m0/s1. The molecule has 1 unspecified atom stereocenters. The molecule has 0 radical (unpaired) electrons. The lowest BCUT2D eigenvalue weighted by atomic mass is 9.44. The van der Waals surface area contributed by atoms with Crippen molar-refractivity contribution in [2.45, 2.75) is 77.2 Å². The van der Waals surface area contributed by atoms with Crippen molar-refractivity contribution in [3.05, 3.63) is 0 Å². The third-order valence-corrected chi connectivity index (χ3v) is 8.63. The van der Waals surface area contributed by atoms with Gasteiger partial charge in [-0.2, -0.15) is 0 Å². The minimum absolute atomic E-state index is 0.00133. The van der Waals surface area contributed by atoms with E-state index in [1.54, 1.807) is 0 Å². The van der Waals surface area contributed by atoms with Gasteiger partial charge in [-0.3, -0.25) is 9.59 Å². The molecule has 3 aliphatic carbocycles. The van der Waals surface area contributed by atoms with Crippen LogP contribution in [0.5, 0.6) is 0 Å². The molecule has 158 valence electrons. The second-order valence-electron chi connectivity index (χ2n) is 10.8. The highest BCUT2D eigenvalue weighted by atomic mass is 16.6. The van der Waals surface area contributed by atoms with Crippen LogP contribution in [0.1, 0.15) is 71.6 Å². The van der Waals surface area contributed by atoms with Crippen LogP contribution in [0.4, 0.5) is 0 Å². The first kappa shape index (κ1) is 20.2. The van der Waals surface area contributed by atoms with Crippen LogP contribution >= 0.6 is 0 Å². The van der Waals surface area contributed by atoms with E-state index >= 15 is 0 Å². The molecule has 5 heteroatoms. The van der Waals surface area contributed by atoms with Crippen molar-refractivity contribution in [1.82, 2.24) is 4.90 Å². The number of carbonyl (C=O) groups excluding carboxylic acids is 2. The van der Waals surface area contributed by atoms with Crippen LogP contribution in [-0.2, 0) is 19.1 Å². The second-order valence-corrected chi connectivity index (χ2v) is 10.8. The number of fused-ring (bicyclic) bond motifs is 3. The SMILES string of the molecule is CN(C)CCOC(=O)[C@]1(C)CCCC2[C@@H]3CC[C@@]4(C)C[C@]3(CC[C@@H]21)CC(=O)O4. The largest absolute Gasteiger partial charge is 0.464 e. The van der Waals surface area contributed by atoms with Gasteiger partial charge in [-0.1, -0.05) is 6.42 Å². The number of likely N-dealkylation sites (N-methyl/N-ethyl adjacent to an activating group) is 1. The van der Waals surface area contributed by atoms with Gasteiger partial charge in [0, 0.05) is 6.54 Å². The van der Waals surface area contributed by atoms with Gasteiger partial charge in [0.15, 0.2) is 0 Å². The highest BCUT2D eigenvalue weighted by Gasteiger charge is 2.62. The van der Waals surface area contributed by atoms with Gasteiger partial charge in [-0.05, 0) is 96.1 Å². The van der Waals surface area contributed by atoms with Crippen molar-refractivity contribution in [3.8, 4) is 0 Å². The Labute approximate surface area is 169 Å². The number of hydrogen-bond donors (Lipinski definition) is 0. The molecular formula is C23H37NO4. The molecule has 1 heterocycles. The molecule has 0 N–H and O–H groups in total. The van der Waals surface area contributed by atoms with Crippen LogP contribution in [0, 0.1) is 28.6 Å². The Morgan fingerprint density at radius 1 is 1.14 bits per heavy atom. The Balaban J connectivity index is 1.53. The van der Waals surface area contributed by atoms with Crippen LogP contribution in [0.3, 0.4) is 0 Å².